The third-order valence-electron chi connectivity index (χ3n) is 1.88. The number of alkyl halides is 3. The number of rotatable bonds is 2. The molecule has 0 fully saturated rings. The summed E-state index contributed by atoms with van der Waals surface area (Å²) in [4.78, 5) is 0. The highest BCUT2D eigenvalue weighted by Crippen LogP contribution is 2.23. The van der Waals surface area contributed by atoms with Crippen LogP contribution in [0.2, 0.25) is 19.6 Å². The van der Waals surface area contributed by atoms with Gasteiger partial charge in [-0.05, 0) is 17.1 Å². The lowest BCUT2D eigenvalue weighted by molar-refractivity contribution is -0.483. The molecule has 1 heterocycles. The summed E-state index contributed by atoms with van der Waals surface area (Å²) in [5, 5.41) is 1.36. The Morgan fingerprint density at radius 1 is 1.40 bits per heavy atom. The fraction of sp³-hybridized carbons (Fsp3) is 0.889. The number of hydrogen-bond donors (Lipinski definition) is 0. The molecule has 11 heteroatoms. The van der Waals surface area contributed by atoms with Crippen LogP contribution in [0.15, 0.2) is 0 Å². The van der Waals surface area contributed by atoms with Crippen LogP contribution in [0.4, 0.5) is 13.2 Å². The van der Waals surface area contributed by atoms with Crippen LogP contribution in [-0.4, -0.2) is 60.2 Å². The second kappa shape index (κ2) is 7.52. The van der Waals surface area contributed by atoms with E-state index in [0.717, 1.165) is 0 Å². The predicted molar refractivity (Wildman–Crippen MR) is 80.1 cm³/mol. The zero-order chi connectivity index (χ0) is 16.2. The van der Waals surface area contributed by atoms with Crippen molar-refractivity contribution in [2.24, 2.45) is 0 Å². The molecule has 0 aromatic rings. The van der Waals surface area contributed by atoms with Crippen LogP contribution in [0.25, 0.3) is 0 Å². The normalized spacial score (nSPS) is 17.0. The summed E-state index contributed by atoms with van der Waals surface area (Å²) in [6.45, 7) is 8.53. The second-order valence-corrected chi connectivity index (χ2v) is 14.9. The Morgan fingerprint density at radius 3 is 2.10 bits per heavy atom. The van der Waals surface area contributed by atoms with Gasteiger partial charge in [0.05, 0.1) is 13.8 Å². The van der Waals surface area contributed by atoms with Crippen LogP contribution in [0, 0.1) is 0 Å². The first-order valence-electron chi connectivity index (χ1n) is 5.60. The van der Waals surface area contributed by atoms with Gasteiger partial charge in [0.1, 0.15) is 7.05 Å². The standard InChI is InChI=1S/C8H18NS2Si.CHF3O3S/c1-9-5-6-10-8(9)11-7-12(2,3)4;2-1(3,4)8(5,6)7/h5-7H2,1-4H3;(H,5,6,7)/q+1;/p-1. The first-order chi connectivity index (χ1) is 8.74. The molecular formula is C9H18F3NO3S3Si. The van der Waals surface area contributed by atoms with Gasteiger partial charge in [0.2, 0.25) is 0 Å². The van der Waals surface area contributed by atoms with Gasteiger partial charge in [0.15, 0.2) is 16.7 Å². The lowest BCUT2D eigenvalue weighted by Crippen LogP contribution is -2.25. The zero-order valence-corrected chi connectivity index (χ0v) is 15.1. The van der Waals surface area contributed by atoms with Gasteiger partial charge in [0, 0.05) is 0 Å². The molecule has 1 aliphatic rings. The van der Waals surface area contributed by atoms with Crippen molar-refractivity contribution in [3.05, 3.63) is 0 Å². The quantitative estimate of drug-likeness (QED) is 0.324. The highest BCUT2D eigenvalue weighted by Gasteiger charge is 2.36. The minimum atomic E-state index is -6.09. The van der Waals surface area contributed by atoms with Crippen LogP contribution in [-0.2, 0) is 10.1 Å². The molecule has 0 saturated heterocycles. The number of hydrogen-bond acceptors (Lipinski definition) is 5. The third-order valence-corrected chi connectivity index (χ3v) is 8.70. The molecule has 0 amide bonds. The maximum atomic E-state index is 10.7. The van der Waals surface area contributed by atoms with Crippen LogP contribution < -0.4 is 0 Å². The smallest absolute Gasteiger partial charge is 0.485 e. The molecule has 0 aromatic carbocycles. The molecule has 0 bridgehead atoms. The summed E-state index contributed by atoms with van der Waals surface area (Å²) in [6.07, 6.45) is 0. The van der Waals surface area contributed by atoms with E-state index in [1.807, 2.05) is 11.8 Å². The van der Waals surface area contributed by atoms with E-state index in [-0.39, 0.29) is 0 Å². The Hall–Kier alpha value is 0.287. The average molecular weight is 370 g/mol. The summed E-state index contributed by atoms with van der Waals surface area (Å²) < 4.78 is 62.8. The Labute approximate surface area is 127 Å². The molecule has 0 aliphatic carbocycles. The largest absolute Gasteiger partial charge is 0.741 e. The zero-order valence-electron chi connectivity index (χ0n) is 11.7. The van der Waals surface area contributed by atoms with Gasteiger partial charge in [-0.15, -0.1) is 0 Å². The van der Waals surface area contributed by atoms with Crippen molar-refractivity contribution in [3.8, 4) is 0 Å². The third kappa shape index (κ3) is 8.55. The van der Waals surface area contributed by atoms with Crippen LogP contribution in [0.3, 0.4) is 0 Å². The fourth-order valence-corrected chi connectivity index (χ4v) is 5.40. The second-order valence-electron chi connectivity index (χ2n) is 5.29. The number of thioether (sulfide) groups is 2. The predicted octanol–water partition coefficient (Wildman–Crippen LogP) is 2.39. The Balaban J connectivity index is 0.000000396. The van der Waals surface area contributed by atoms with E-state index in [9.17, 15) is 13.2 Å². The molecule has 0 aromatic heterocycles. The molecule has 0 atom stereocenters. The van der Waals surface area contributed by atoms with Gasteiger partial charge in [-0.1, -0.05) is 31.4 Å². The van der Waals surface area contributed by atoms with Crippen LogP contribution in [0.1, 0.15) is 0 Å². The van der Waals surface area contributed by atoms with E-state index < -0.39 is 23.7 Å². The van der Waals surface area contributed by atoms with E-state index in [1.165, 1.54) is 22.0 Å². The summed E-state index contributed by atoms with van der Waals surface area (Å²) >= 11 is 4.09. The summed E-state index contributed by atoms with van der Waals surface area (Å²) in [5.41, 5.74) is -5.65. The molecule has 20 heavy (non-hydrogen) atoms. The van der Waals surface area contributed by atoms with E-state index in [2.05, 4.69) is 43.0 Å². The summed E-state index contributed by atoms with van der Waals surface area (Å²) in [6, 6.07) is 0. The van der Waals surface area contributed by atoms with Crippen molar-refractivity contribution in [1.82, 2.24) is 0 Å². The van der Waals surface area contributed by atoms with Crippen LogP contribution in [0.5, 0.6) is 0 Å². The van der Waals surface area contributed by atoms with Gasteiger partial charge < -0.3 is 4.55 Å². The highest BCUT2D eigenvalue weighted by atomic mass is 32.2. The van der Waals surface area contributed by atoms with Crippen molar-refractivity contribution in [2.75, 3.05) is 24.7 Å². The molecule has 0 spiro atoms. The molecule has 1 rings (SSSR count). The van der Waals surface area contributed by atoms with Crippen LogP contribution >= 0.6 is 23.5 Å². The van der Waals surface area contributed by atoms with Crippen molar-refractivity contribution in [3.63, 3.8) is 0 Å². The molecule has 0 unspecified atom stereocenters. The molecular weight excluding hydrogens is 351 g/mol. The molecule has 4 nitrogen and oxygen atoms in total. The van der Waals surface area contributed by atoms with Crippen molar-refractivity contribution in [1.29, 1.82) is 0 Å². The monoisotopic (exact) mass is 369 g/mol. The average Bonchev–Trinajstić information content (AvgIpc) is 2.57. The molecule has 0 saturated carbocycles. The fourth-order valence-electron chi connectivity index (χ4n) is 0.901. The Morgan fingerprint density at radius 2 is 1.85 bits per heavy atom. The van der Waals surface area contributed by atoms with Gasteiger partial charge in [-0.2, -0.15) is 13.2 Å². The number of halogens is 3. The summed E-state index contributed by atoms with van der Waals surface area (Å²) in [7, 11) is -4.74. The topological polar surface area (TPSA) is 60.2 Å². The SMILES string of the molecule is C[N+]1=C(SC[Si](C)(C)C)SCC1.O=S(=O)([O-])C(F)(F)F. The molecule has 1 aliphatic heterocycles. The minimum Gasteiger partial charge on any atom is -0.741 e. The maximum absolute atomic E-state index is 10.7. The molecule has 120 valence electrons. The minimum absolute atomic E-state index is 0.852. The Kier molecular flexibility index (Phi) is 7.63. The Bertz CT molecular complexity index is 457. The van der Waals surface area contributed by atoms with E-state index in [4.69, 9.17) is 13.0 Å². The summed E-state index contributed by atoms with van der Waals surface area (Å²) in [5.74, 6) is 1.28. The van der Waals surface area contributed by atoms with Gasteiger partial charge in [-0.25, -0.2) is 13.0 Å². The van der Waals surface area contributed by atoms with E-state index in [0.29, 0.717) is 0 Å². The maximum Gasteiger partial charge on any atom is 0.485 e. The number of nitrogens with zero attached hydrogens (tertiary/aromatic N) is 1. The highest BCUT2D eigenvalue weighted by molar-refractivity contribution is 8.39. The lowest BCUT2D eigenvalue weighted by Gasteiger charge is -2.12. The van der Waals surface area contributed by atoms with Crippen molar-refractivity contribution in [2.45, 2.75) is 25.1 Å². The lowest BCUT2D eigenvalue weighted by atomic mass is 10.7. The molecule has 0 N–H and O–H groups in total. The van der Waals surface area contributed by atoms with E-state index >= 15 is 0 Å². The van der Waals surface area contributed by atoms with Gasteiger partial charge in [-0.3, -0.25) is 0 Å². The first-order valence-corrected chi connectivity index (χ1v) is 12.7. The molecule has 0 radical (unpaired) electrons. The van der Waals surface area contributed by atoms with Crippen molar-refractivity contribution >= 4 is 46.1 Å². The first kappa shape index (κ1) is 20.3. The van der Waals surface area contributed by atoms with Gasteiger partial charge in [0.25, 0.3) is 4.38 Å². The van der Waals surface area contributed by atoms with Gasteiger partial charge >= 0.3 is 5.51 Å². The van der Waals surface area contributed by atoms with E-state index in [1.54, 1.807) is 0 Å². The van der Waals surface area contributed by atoms with Crippen molar-refractivity contribution < 1.29 is 30.7 Å².